The summed E-state index contributed by atoms with van der Waals surface area (Å²) in [6, 6.07) is 8.73. The molecule has 0 spiro atoms. The number of nitrogens with one attached hydrogen (secondary N) is 1. The van der Waals surface area contributed by atoms with Crippen LogP contribution in [0.2, 0.25) is 0 Å². The van der Waals surface area contributed by atoms with Gasteiger partial charge in [0.25, 0.3) is 0 Å². The van der Waals surface area contributed by atoms with Gasteiger partial charge in [-0.1, -0.05) is 12.1 Å². The first-order valence-electron chi connectivity index (χ1n) is 4.70. The molecule has 0 aromatic heterocycles. The van der Waals surface area contributed by atoms with Crippen LogP contribution >= 0.6 is 0 Å². The second kappa shape index (κ2) is 5.01. The maximum Gasteiger partial charge on any atom is 0.321 e. The predicted molar refractivity (Wildman–Crippen MR) is 58.5 cm³/mol. The molecule has 0 atom stereocenters. The van der Waals surface area contributed by atoms with E-state index in [9.17, 15) is 4.79 Å². The number of amides is 2. The highest BCUT2D eigenvalue weighted by atomic mass is 16.2. The van der Waals surface area contributed by atoms with Crippen molar-refractivity contribution in [1.82, 2.24) is 4.90 Å². The molecule has 4 nitrogen and oxygen atoms in total. The summed E-state index contributed by atoms with van der Waals surface area (Å²) >= 11 is 0. The van der Waals surface area contributed by atoms with Crippen molar-refractivity contribution in [2.45, 2.75) is 6.92 Å². The van der Waals surface area contributed by atoms with Gasteiger partial charge in [-0.05, 0) is 19.1 Å². The molecular weight excluding hydrogens is 190 g/mol. The standard InChI is InChI=1S/C11H13N3O/c1-3-14(2)11(15)13-10-7-5-4-6-9(10)8-12/h4-7H,3H2,1-2H3,(H,13,15). The second-order valence-electron chi connectivity index (χ2n) is 3.10. The van der Waals surface area contributed by atoms with Gasteiger partial charge in [0.2, 0.25) is 0 Å². The van der Waals surface area contributed by atoms with Crippen molar-refractivity contribution < 1.29 is 4.79 Å². The van der Waals surface area contributed by atoms with Crippen molar-refractivity contribution in [3.8, 4) is 6.07 Å². The largest absolute Gasteiger partial charge is 0.328 e. The molecular formula is C11H13N3O. The first kappa shape index (κ1) is 11.1. The Morgan fingerprint density at radius 3 is 2.80 bits per heavy atom. The minimum atomic E-state index is -0.208. The molecule has 15 heavy (non-hydrogen) atoms. The number of nitrogens with zero attached hydrogens (tertiary/aromatic N) is 2. The zero-order chi connectivity index (χ0) is 11.3. The van der Waals surface area contributed by atoms with E-state index >= 15 is 0 Å². The van der Waals surface area contributed by atoms with Crippen LogP contribution in [0.15, 0.2) is 24.3 Å². The maximum atomic E-state index is 11.5. The molecule has 1 rings (SSSR count). The molecule has 78 valence electrons. The quantitative estimate of drug-likeness (QED) is 0.799. The van der Waals surface area contributed by atoms with Gasteiger partial charge in [-0.3, -0.25) is 0 Å². The summed E-state index contributed by atoms with van der Waals surface area (Å²) in [6.07, 6.45) is 0. The van der Waals surface area contributed by atoms with Crippen molar-refractivity contribution in [3.63, 3.8) is 0 Å². The van der Waals surface area contributed by atoms with E-state index in [-0.39, 0.29) is 6.03 Å². The summed E-state index contributed by atoms with van der Waals surface area (Å²) in [7, 11) is 1.70. The average molecular weight is 203 g/mol. The molecule has 1 aromatic carbocycles. The van der Waals surface area contributed by atoms with Gasteiger partial charge in [-0.2, -0.15) is 5.26 Å². The van der Waals surface area contributed by atoms with Crippen LogP contribution in [0.4, 0.5) is 10.5 Å². The minimum Gasteiger partial charge on any atom is -0.328 e. The lowest BCUT2D eigenvalue weighted by Crippen LogP contribution is -2.31. The first-order chi connectivity index (χ1) is 7.19. The van der Waals surface area contributed by atoms with Gasteiger partial charge in [-0.15, -0.1) is 0 Å². The van der Waals surface area contributed by atoms with Crippen LogP contribution in [-0.4, -0.2) is 24.5 Å². The van der Waals surface area contributed by atoms with Crippen molar-refractivity contribution in [3.05, 3.63) is 29.8 Å². The Labute approximate surface area is 89.1 Å². The van der Waals surface area contributed by atoms with E-state index in [1.165, 1.54) is 4.90 Å². The number of anilines is 1. The lowest BCUT2D eigenvalue weighted by atomic mass is 10.2. The van der Waals surface area contributed by atoms with Crippen molar-refractivity contribution in [2.24, 2.45) is 0 Å². The Bertz CT molecular complexity index is 395. The Morgan fingerprint density at radius 2 is 2.20 bits per heavy atom. The van der Waals surface area contributed by atoms with E-state index in [1.54, 1.807) is 31.3 Å². The lowest BCUT2D eigenvalue weighted by Gasteiger charge is -2.15. The molecule has 2 amide bonds. The summed E-state index contributed by atoms with van der Waals surface area (Å²) < 4.78 is 0. The van der Waals surface area contributed by atoms with Crippen LogP contribution in [0.25, 0.3) is 0 Å². The van der Waals surface area contributed by atoms with Crippen molar-refractivity contribution >= 4 is 11.7 Å². The van der Waals surface area contributed by atoms with E-state index in [4.69, 9.17) is 5.26 Å². The second-order valence-corrected chi connectivity index (χ2v) is 3.10. The van der Waals surface area contributed by atoms with Crippen LogP contribution in [-0.2, 0) is 0 Å². The van der Waals surface area contributed by atoms with Gasteiger partial charge in [0.1, 0.15) is 6.07 Å². The third-order valence-electron chi connectivity index (χ3n) is 2.11. The molecule has 0 aliphatic rings. The van der Waals surface area contributed by atoms with Crippen LogP contribution in [0.5, 0.6) is 0 Å². The Morgan fingerprint density at radius 1 is 1.53 bits per heavy atom. The molecule has 0 radical (unpaired) electrons. The zero-order valence-electron chi connectivity index (χ0n) is 8.82. The smallest absolute Gasteiger partial charge is 0.321 e. The van der Waals surface area contributed by atoms with Gasteiger partial charge >= 0.3 is 6.03 Å². The van der Waals surface area contributed by atoms with E-state index in [2.05, 4.69) is 5.32 Å². The van der Waals surface area contributed by atoms with E-state index in [0.29, 0.717) is 17.8 Å². The molecule has 1 aromatic rings. The number of carbonyl (C=O) groups is 1. The molecule has 1 N–H and O–H groups in total. The van der Waals surface area contributed by atoms with Gasteiger partial charge in [0, 0.05) is 13.6 Å². The van der Waals surface area contributed by atoms with Crippen LogP contribution < -0.4 is 5.32 Å². The summed E-state index contributed by atoms with van der Waals surface area (Å²) in [5.74, 6) is 0. The van der Waals surface area contributed by atoms with Crippen LogP contribution in [0.1, 0.15) is 12.5 Å². The predicted octanol–water partition coefficient (Wildman–Crippen LogP) is 2.04. The first-order valence-corrected chi connectivity index (χ1v) is 4.70. The highest BCUT2D eigenvalue weighted by Crippen LogP contribution is 2.13. The van der Waals surface area contributed by atoms with E-state index < -0.39 is 0 Å². The Hall–Kier alpha value is -2.02. The normalized spacial score (nSPS) is 9.13. The highest BCUT2D eigenvalue weighted by molar-refractivity contribution is 5.90. The minimum absolute atomic E-state index is 0.208. The molecule has 0 heterocycles. The molecule has 0 aliphatic heterocycles. The topological polar surface area (TPSA) is 56.1 Å². The number of rotatable bonds is 2. The van der Waals surface area contributed by atoms with Gasteiger partial charge in [-0.25, -0.2) is 4.79 Å². The molecule has 0 bridgehead atoms. The summed E-state index contributed by atoms with van der Waals surface area (Å²) in [5.41, 5.74) is 1.01. The molecule has 0 saturated carbocycles. The van der Waals surface area contributed by atoms with Crippen molar-refractivity contribution in [2.75, 3.05) is 18.9 Å². The number of nitriles is 1. The van der Waals surface area contributed by atoms with Crippen molar-refractivity contribution in [1.29, 1.82) is 5.26 Å². The maximum absolute atomic E-state index is 11.5. The number of hydrogen-bond acceptors (Lipinski definition) is 2. The van der Waals surface area contributed by atoms with E-state index in [0.717, 1.165) is 0 Å². The zero-order valence-corrected chi connectivity index (χ0v) is 8.82. The SMILES string of the molecule is CCN(C)C(=O)Nc1ccccc1C#N. The fourth-order valence-electron chi connectivity index (χ4n) is 1.04. The molecule has 0 saturated heterocycles. The number of benzene rings is 1. The Balaban J connectivity index is 2.81. The van der Waals surface area contributed by atoms with Gasteiger partial charge in [0.15, 0.2) is 0 Å². The highest BCUT2D eigenvalue weighted by Gasteiger charge is 2.08. The Kier molecular flexibility index (Phi) is 3.69. The summed E-state index contributed by atoms with van der Waals surface area (Å²) in [5, 5.41) is 11.5. The third kappa shape index (κ3) is 2.71. The van der Waals surface area contributed by atoms with Crippen LogP contribution in [0.3, 0.4) is 0 Å². The summed E-state index contributed by atoms with van der Waals surface area (Å²) in [4.78, 5) is 13.1. The number of urea groups is 1. The third-order valence-corrected chi connectivity index (χ3v) is 2.11. The van der Waals surface area contributed by atoms with Gasteiger partial charge in [0.05, 0.1) is 11.3 Å². The van der Waals surface area contributed by atoms with Gasteiger partial charge < -0.3 is 10.2 Å². The molecule has 0 unspecified atom stereocenters. The fourth-order valence-corrected chi connectivity index (χ4v) is 1.04. The lowest BCUT2D eigenvalue weighted by molar-refractivity contribution is 0.224. The monoisotopic (exact) mass is 203 g/mol. The molecule has 0 aliphatic carbocycles. The number of carbonyl (C=O) groups excluding carboxylic acids is 1. The molecule has 0 fully saturated rings. The van der Waals surface area contributed by atoms with Crippen LogP contribution in [0, 0.1) is 11.3 Å². The fraction of sp³-hybridized carbons (Fsp3) is 0.273. The summed E-state index contributed by atoms with van der Waals surface area (Å²) in [6.45, 7) is 2.51. The number of para-hydroxylation sites is 1. The number of hydrogen-bond donors (Lipinski definition) is 1. The van der Waals surface area contributed by atoms with E-state index in [1.807, 2.05) is 13.0 Å². The molecule has 4 heteroatoms. The average Bonchev–Trinajstić information content (AvgIpc) is 2.28.